The Morgan fingerprint density at radius 3 is 2.35 bits per heavy atom. The van der Waals surface area contributed by atoms with E-state index in [-0.39, 0.29) is 39.0 Å². The molecular formula is C27H32O10. The molecule has 2 aliphatic carbocycles. The zero-order chi connectivity index (χ0) is 26.3. The molecule has 0 aromatic carbocycles. The average Bonchev–Trinajstić information content (AvgIpc) is 3.66. The number of aliphatic hydroxyl groups excluding tert-OH is 2. The Morgan fingerprint density at radius 1 is 0.919 bits per heavy atom. The maximum absolute atomic E-state index is 12.9. The Kier molecular flexibility index (Phi) is 6.86. The van der Waals surface area contributed by atoms with Crippen molar-refractivity contribution in [3.05, 3.63) is 47.6 Å². The Morgan fingerprint density at radius 2 is 1.65 bits per heavy atom. The highest BCUT2D eigenvalue weighted by Crippen LogP contribution is 2.72. The monoisotopic (exact) mass is 516 g/mol. The summed E-state index contributed by atoms with van der Waals surface area (Å²) in [6.45, 7) is 1.91. The van der Waals surface area contributed by atoms with Gasteiger partial charge in [-0.25, -0.2) is 14.4 Å². The lowest BCUT2D eigenvalue weighted by Gasteiger charge is -2.58. The van der Waals surface area contributed by atoms with Crippen LogP contribution < -0.4 is 0 Å². The van der Waals surface area contributed by atoms with E-state index < -0.39 is 46.5 Å². The third-order valence-electron chi connectivity index (χ3n) is 8.80. The molecule has 2 spiro atoms. The van der Waals surface area contributed by atoms with Gasteiger partial charge in [-0.2, -0.15) is 0 Å². The number of hydrogen-bond acceptors (Lipinski definition) is 10. The van der Waals surface area contributed by atoms with Crippen molar-refractivity contribution in [3.8, 4) is 0 Å². The fourth-order valence-corrected chi connectivity index (χ4v) is 6.57. The van der Waals surface area contributed by atoms with E-state index in [0.717, 1.165) is 5.57 Å². The first-order valence-corrected chi connectivity index (χ1v) is 12.6. The molecule has 37 heavy (non-hydrogen) atoms. The molecule has 2 saturated heterocycles. The first kappa shape index (κ1) is 25.8. The molecule has 3 heterocycles. The van der Waals surface area contributed by atoms with Crippen molar-refractivity contribution < 1.29 is 48.3 Å². The van der Waals surface area contributed by atoms with Crippen molar-refractivity contribution in [2.24, 2.45) is 10.8 Å². The summed E-state index contributed by atoms with van der Waals surface area (Å²) >= 11 is 0. The summed E-state index contributed by atoms with van der Waals surface area (Å²) < 4.78 is 29.4. The van der Waals surface area contributed by atoms with Crippen LogP contribution in [0.25, 0.3) is 0 Å². The van der Waals surface area contributed by atoms with E-state index in [9.17, 15) is 24.6 Å². The molecule has 200 valence electrons. The zero-order valence-corrected chi connectivity index (χ0v) is 20.7. The van der Waals surface area contributed by atoms with Crippen LogP contribution in [0.5, 0.6) is 0 Å². The molecule has 5 rings (SSSR count). The van der Waals surface area contributed by atoms with Gasteiger partial charge in [-0.15, -0.1) is 0 Å². The quantitative estimate of drug-likeness (QED) is 0.237. The largest absolute Gasteiger partial charge is 0.462 e. The van der Waals surface area contributed by atoms with E-state index in [2.05, 4.69) is 0 Å². The summed E-state index contributed by atoms with van der Waals surface area (Å²) in [5, 5.41) is 19.5. The predicted molar refractivity (Wildman–Crippen MR) is 127 cm³/mol. The van der Waals surface area contributed by atoms with Gasteiger partial charge in [0.2, 0.25) is 0 Å². The van der Waals surface area contributed by atoms with Gasteiger partial charge in [0.1, 0.15) is 18.3 Å². The molecule has 10 nitrogen and oxygen atoms in total. The molecule has 3 aliphatic heterocycles. The highest BCUT2D eigenvalue weighted by atomic mass is 16.6. The second-order valence-electron chi connectivity index (χ2n) is 10.4. The van der Waals surface area contributed by atoms with Gasteiger partial charge < -0.3 is 33.9 Å². The fraction of sp³-hybridized carbons (Fsp3) is 0.593. The lowest BCUT2D eigenvalue weighted by Crippen LogP contribution is -2.66. The molecule has 5 aliphatic rings. The van der Waals surface area contributed by atoms with E-state index in [1.807, 2.05) is 13.0 Å². The molecular weight excluding hydrogens is 484 g/mol. The van der Waals surface area contributed by atoms with Gasteiger partial charge in [-0.1, -0.05) is 25.2 Å². The Labute approximate surface area is 214 Å². The van der Waals surface area contributed by atoms with Crippen molar-refractivity contribution in [1.82, 2.24) is 0 Å². The van der Waals surface area contributed by atoms with Crippen molar-refractivity contribution in [2.45, 2.75) is 56.5 Å². The van der Waals surface area contributed by atoms with Crippen LogP contribution in [0.1, 0.15) is 32.6 Å². The molecule has 0 aromatic rings. The third-order valence-corrected chi connectivity index (χ3v) is 8.80. The van der Waals surface area contributed by atoms with Crippen molar-refractivity contribution in [3.63, 3.8) is 0 Å². The number of hydrogen-bond donors (Lipinski definition) is 2. The Balaban J connectivity index is 1.54. The van der Waals surface area contributed by atoms with Gasteiger partial charge in [0.15, 0.2) is 0 Å². The van der Waals surface area contributed by atoms with Gasteiger partial charge in [-0.05, 0) is 24.0 Å². The Bertz CT molecular complexity index is 1080. The van der Waals surface area contributed by atoms with E-state index in [0.29, 0.717) is 31.4 Å². The maximum atomic E-state index is 12.9. The van der Waals surface area contributed by atoms with Crippen LogP contribution in [0.15, 0.2) is 47.6 Å². The summed E-state index contributed by atoms with van der Waals surface area (Å²) in [4.78, 5) is 37.5. The highest BCUT2D eigenvalue weighted by Gasteiger charge is 2.83. The molecule has 3 fully saturated rings. The third kappa shape index (κ3) is 4.25. The van der Waals surface area contributed by atoms with Crippen LogP contribution in [0, 0.1) is 10.8 Å². The predicted octanol–water partition coefficient (Wildman–Crippen LogP) is 1.06. The van der Waals surface area contributed by atoms with Crippen molar-refractivity contribution in [2.75, 3.05) is 33.0 Å². The van der Waals surface area contributed by atoms with Crippen LogP contribution >= 0.6 is 0 Å². The van der Waals surface area contributed by atoms with Gasteiger partial charge in [-0.3, -0.25) is 0 Å². The van der Waals surface area contributed by atoms with Crippen LogP contribution in [-0.2, 0) is 38.1 Å². The minimum Gasteiger partial charge on any atom is -0.462 e. The van der Waals surface area contributed by atoms with Gasteiger partial charge in [0.25, 0.3) is 0 Å². The summed E-state index contributed by atoms with van der Waals surface area (Å²) in [6.07, 6.45) is 8.61. The summed E-state index contributed by atoms with van der Waals surface area (Å²) in [5.74, 6) is -1.84. The molecule has 0 radical (unpaired) electrons. The minimum absolute atomic E-state index is 0.0309. The van der Waals surface area contributed by atoms with E-state index in [1.54, 1.807) is 0 Å². The molecule has 6 unspecified atom stereocenters. The molecule has 10 heteroatoms. The molecule has 0 aromatic heterocycles. The normalized spacial score (nSPS) is 43.1. The average molecular weight is 517 g/mol. The SMILES string of the molecule is CC12C3CC(OC4C=C(CO)CCC41COC(=O)/C=C(\CO)CCOC(=O)/C=C\C=C\C(=O)O3)C21CO1. The van der Waals surface area contributed by atoms with Crippen molar-refractivity contribution >= 4 is 17.9 Å². The fourth-order valence-electron chi connectivity index (χ4n) is 6.57. The van der Waals surface area contributed by atoms with Gasteiger partial charge in [0.05, 0.1) is 44.1 Å². The zero-order valence-electron chi connectivity index (χ0n) is 20.7. The first-order valence-electron chi connectivity index (χ1n) is 12.6. The van der Waals surface area contributed by atoms with E-state index in [4.69, 9.17) is 23.7 Å². The number of aliphatic hydroxyl groups is 2. The minimum atomic E-state index is -0.784. The van der Waals surface area contributed by atoms with E-state index >= 15 is 0 Å². The molecule has 1 saturated carbocycles. The number of ether oxygens (including phenoxy) is 5. The van der Waals surface area contributed by atoms with Crippen LogP contribution in [0.4, 0.5) is 0 Å². The molecule has 2 bridgehead atoms. The van der Waals surface area contributed by atoms with Crippen molar-refractivity contribution in [1.29, 1.82) is 0 Å². The second-order valence-corrected chi connectivity index (χ2v) is 10.4. The number of carbonyl (C=O) groups is 3. The topological polar surface area (TPSA) is 141 Å². The number of carbonyl (C=O) groups excluding carboxylic acids is 3. The van der Waals surface area contributed by atoms with E-state index in [1.165, 1.54) is 30.4 Å². The standard InChI is InChI=1S/C27H32O10/c1-25-19-12-21(27(25)16-35-27)36-20-10-17(13-28)6-8-26(20,25)15-34-24(32)11-18(14-29)7-9-33-22(30)4-2-3-5-23(31)37-19/h2-5,10-11,19-21,28-29H,6-9,12-16H2,1H3/b4-2-,5-3+,18-11-. The van der Waals surface area contributed by atoms with Gasteiger partial charge in [0, 0.05) is 36.5 Å². The maximum Gasteiger partial charge on any atom is 0.331 e. The number of epoxide rings is 1. The van der Waals surface area contributed by atoms with Crippen LogP contribution in [-0.4, -0.2) is 85.1 Å². The van der Waals surface area contributed by atoms with Gasteiger partial charge >= 0.3 is 17.9 Å². The second kappa shape index (κ2) is 9.83. The smallest absolute Gasteiger partial charge is 0.331 e. The first-order chi connectivity index (χ1) is 17.8. The van der Waals surface area contributed by atoms with Crippen LogP contribution in [0.2, 0.25) is 0 Å². The number of allylic oxidation sites excluding steroid dienone is 2. The number of cyclic esters (lactones) is 2. The summed E-state index contributed by atoms with van der Waals surface area (Å²) in [5.41, 5.74) is -0.996. The lowest BCUT2D eigenvalue weighted by atomic mass is 9.51. The summed E-state index contributed by atoms with van der Waals surface area (Å²) in [7, 11) is 0. The summed E-state index contributed by atoms with van der Waals surface area (Å²) in [6, 6.07) is 0. The highest BCUT2D eigenvalue weighted by molar-refractivity contribution is 5.85. The Hall–Kier alpha value is -2.79. The number of esters is 3. The lowest BCUT2D eigenvalue weighted by molar-refractivity contribution is -0.232. The number of rotatable bonds is 2. The molecule has 0 amide bonds. The molecule has 2 N–H and O–H groups in total. The van der Waals surface area contributed by atoms with Crippen LogP contribution in [0.3, 0.4) is 0 Å². The molecule has 6 atom stereocenters.